The Bertz CT molecular complexity index is 447. The Hall–Kier alpha value is -0.870. The first-order valence-corrected chi connectivity index (χ1v) is 6.36. The number of anilines is 1. The van der Waals surface area contributed by atoms with E-state index in [2.05, 4.69) is 32.6 Å². The summed E-state index contributed by atoms with van der Waals surface area (Å²) in [6.45, 7) is 1.85. The summed E-state index contributed by atoms with van der Waals surface area (Å²) in [6.07, 6.45) is 0.933. The minimum atomic E-state index is 0.142. The van der Waals surface area contributed by atoms with Crippen LogP contribution < -0.4 is 10.6 Å². The summed E-state index contributed by atoms with van der Waals surface area (Å²) < 4.78 is 1.08. The Morgan fingerprint density at radius 3 is 3.06 bits per heavy atom. The normalized spacial score (nSPS) is 27.9. The SMILES string of the molecule is O=C1Nc2ccc(Br)cc2C2CNCCC12. The maximum Gasteiger partial charge on any atom is 0.228 e. The number of amides is 1. The molecule has 1 aromatic rings. The van der Waals surface area contributed by atoms with Gasteiger partial charge in [-0.25, -0.2) is 0 Å². The standard InChI is InChI=1S/C12H13BrN2O/c13-7-1-2-11-9(5-7)10-6-14-4-3-8(10)12(16)15-11/h1-2,5,8,10,14H,3-4,6H2,(H,15,16). The zero-order valence-corrected chi connectivity index (χ0v) is 10.4. The first-order chi connectivity index (χ1) is 7.75. The van der Waals surface area contributed by atoms with Gasteiger partial charge in [0, 0.05) is 28.5 Å². The van der Waals surface area contributed by atoms with Crippen molar-refractivity contribution in [1.29, 1.82) is 0 Å². The zero-order chi connectivity index (χ0) is 11.1. The molecule has 2 aliphatic heterocycles. The van der Waals surface area contributed by atoms with Crippen molar-refractivity contribution in [3.8, 4) is 0 Å². The van der Waals surface area contributed by atoms with E-state index in [1.54, 1.807) is 0 Å². The van der Waals surface area contributed by atoms with Gasteiger partial charge in [-0.15, -0.1) is 0 Å². The maximum absolute atomic E-state index is 11.9. The Morgan fingerprint density at radius 1 is 1.31 bits per heavy atom. The molecule has 1 aromatic carbocycles. The van der Waals surface area contributed by atoms with Gasteiger partial charge in [0.25, 0.3) is 0 Å². The number of halogens is 1. The van der Waals surface area contributed by atoms with Gasteiger partial charge in [-0.1, -0.05) is 15.9 Å². The molecule has 0 spiro atoms. The third-order valence-corrected chi connectivity index (χ3v) is 3.98. The van der Waals surface area contributed by atoms with E-state index in [1.807, 2.05) is 12.1 Å². The van der Waals surface area contributed by atoms with Crippen molar-refractivity contribution in [2.45, 2.75) is 12.3 Å². The van der Waals surface area contributed by atoms with E-state index in [0.717, 1.165) is 29.7 Å². The van der Waals surface area contributed by atoms with Gasteiger partial charge in [0.05, 0.1) is 0 Å². The molecule has 0 radical (unpaired) electrons. The van der Waals surface area contributed by atoms with Crippen LogP contribution in [0.5, 0.6) is 0 Å². The summed E-state index contributed by atoms with van der Waals surface area (Å²) in [5.41, 5.74) is 2.23. The summed E-state index contributed by atoms with van der Waals surface area (Å²) >= 11 is 3.49. The number of piperidine rings is 1. The molecule has 3 rings (SSSR count). The van der Waals surface area contributed by atoms with Gasteiger partial charge in [0.15, 0.2) is 0 Å². The largest absolute Gasteiger partial charge is 0.326 e. The van der Waals surface area contributed by atoms with Crippen LogP contribution in [0.4, 0.5) is 5.69 Å². The van der Waals surface area contributed by atoms with Crippen molar-refractivity contribution in [3.63, 3.8) is 0 Å². The van der Waals surface area contributed by atoms with Crippen LogP contribution in [0.15, 0.2) is 22.7 Å². The highest BCUT2D eigenvalue weighted by Gasteiger charge is 2.37. The molecule has 1 amide bonds. The van der Waals surface area contributed by atoms with E-state index in [-0.39, 0.29) is 11.8 Å². The fourth-order valence-corrected chi connectivity index (χ4v) is 3.06. The summed E-state index contributed by atoms with van der Waals surface area (Å²) in [5, 5.41) is 6.37. The van der Waals surface area contributed by atoms with Crippen LogP contribution in [-0.4, -0.2) is 19.0 Å². The van der Waals surface area contributed by atoms with Crippen LogP contribution >= 0.6 is 15.9 Å². The van der Waals surface area contributed by atoms with Crippen LogP contribution in [0.3, 0.4) is 0 Å². The van der Waals surface area contributed by atoms with Gasteiger partial charge in [0.1, 0.15) is 0 Å². The van der Waals surface area contributed by atoms with E-state index >= 15 is 0 Å². The van der Waals surface area contributed by atoms with Gasteiger partial charge >= 0.3 is 0 Å². The van der Waals surface area contributed by atoms with Crippen LogP contribution in [0.1, 0.15) is 17.9 Å². The molecule has 2 atom stereocenters. The van der Waals surface area contributed by atoms with Crippen molar-refractivity contribution in [3.05, 3.63) is 28.2 Å². The quantitative estimate of drug-likeness (QED) is 0.764. The van der Waals surface area contributed by atoms with Crippen LogP contribution in [0, 0.1) is 5.92 Å². The molecule has 2 heterocycles. The Kier molecular flexibility index (Phi) is 2.48. The van der Waals surface area contributed by atoms with Gasteiger partial charge in [0.2, 0.25) is 5.91 Å². The summed E-state index contributed by atoms with van der Waals surface area (Å²) in [7, 11) is 0. The number of benzene rings is 1. The molecule has 0 aromatic heterocycles. The minimum Gasteiger partial charge on any atom is -0.326 e. The first-order valence-electron chi connectivity index (χ1n) is 5.57. The highest BCUT2D eigenvalue weighted by Crippen LogP contribution is 2.39. The first kappa shape index (κ1) is 10.3. The lowest BCUT2D eigenvalue weighted by Crippen LogP contribution is -2.44. The number of hydrogen-bond donors (Lipinski definition) is 2. The average molecular weight is 281 g/mol. The second-order valence-corrected chi connectivity index (χ2v) is 5.34. The Balaban J connectivity index is 2.07. The van der Waals surface area contributed by atoms with E-state index in [0.29, 0.717) is 5.92 Å². The topological polar surface area (TPSA) is 41.1 Å². The van der Waals surface area contributed by atoms with Gasteiger partial charge in [-0.05, 0) is 36.7 Å². The summed E-state index contributed by atoms with van der Waals surface area (Å²) in [6, 6.07) is 6.07. The molecular weight excluding hydrogens is 268 g/mol. The number of carbonyl (C=O) groups is 1. The molecule has 2 unspecified atom stereocenters. The Morgan fingerprint density at radius 2 is 2.19 bits per heavy atom. The van der Waals surface area contributed by atoms with E-state index in [1.165, 1.54) is 5.56 Å². The molecule has 1 saturated heterocycles. The summed E-state index contributed by atoms with van der Waals surface area (Å²) in [5.74, 6) is 0.652. The van der Waals surface area contributed by atoms with Gasteiger partial charge in [-0.2, -0.15) is 0 Å². The lowest BCUT2D eigenvalue weighted by molar-refractivity contribution is -0.121. The minimum absolute atomic E-state index is 0.142. The summed E-state index contributed by atoms with van der Waals surface area (Å²) in [4.78, 5) is 11.9. The van der Waals surface area contributed by atoms with E-state index in [9.17, 15) is 4.79 Å². The molecule has 16 heavy (non-hydrogen) atoms. The number of rotatable bonds is 0. The van der Waals surface area contributed by atoms with Crippen molar-refractivity contribution in [2.75, 3.05) is 18.4 Å². The molecular formula is C12H13BrN2O. The number of fused-ring (bicyclic) bond motifs is 3. The molecule has 0 aliphatic carbocycles. The highest BCUT2D eigenvalue weighted by molar-refractivity contribution is 9.10. The third kappa shape index (κ3) is 1.57. The molecule has 4 heteroatoms. The fourth-order valence-electron chi connectivity index (χ4n) is 2.68. The van der Waals surface area contributed by atoms with Gasteiger partial charge in [-0.3, -0.25) is 4.79 Å². The molecule has 2 aliphatic rings. The predicted octanol–water partition coefficient (Wildman–Crippen LogP) is 2.09. The van der Waals surface area contributed by atoms with Crippen molar-refractivity contribution < 1.29 is 4.79 Å². The smallest absolute Gasteiger partial charge is 0.228 e. The van der Waals surface area contributed by atoms with E-state index in [4.69, 9.17) is 0 Å². The molecule has 2 N–H and O–H groups in total. The Labute approximate surface area is 103 Å². The van der Waals surface area contributed by atoms with Gasteiger partial charge < -0.3 is 10.6 Å². The van der Waals surface area contributed by atoms with Crippen molar-refractivity contribution >= 4 is 27.5 Å². The fraction of sp³-hybridized carbons (Fsp3) is 0.417. The highest BCUT2D eigenvalue weighted by atomic mass is 79.9. The second-order valence-electron chi connectivity index (χ2n) is 4.43. The molecule has 0 saturated carbocycles. The second kappa shape index (κ2) is 3.86. The monoisotopic (exact) mass is 280 g/mol. The third-order valence-electron chi connectivity index (χ3n) is 3.49. The zero-order valence-electron chi connectivity index (χ0n) is 8.79. The van der Waals surface area contributed by atoms with Crippen molar-refractivity contribution in [1.82, 2.24) is 5.32 Å². The van der Waals surface area contributed by atoms with Crippen LogP contribution in [-0.2, 0) is 4.79 Å². The molecule has 1 fully saturated rings. The number of hydrogen-bond acceptors (Lipinski definition) is 2. The van der Waals surface area contributed by atoms with E-state index < -0.39 is 0 Å². The molecule has 0 bridgehead atoms. The van der Waals surface area contributed by atoms with Crippen molar-refractivity contribution in [2.24, 2.45) is 5.92 Å². The molecule has 3 nitrogen and oxygen atoms in total. The maximum atomic E-state index is 11.9. The number of carbonyl (C=O) groups excluding carboxylic acids is 1. The van der Waals surface area contributed by atoms with Crippen LogP contribution in [0.2, 0.25) is 0 Å². The number of nitrogens with one attached hydrogen (secondary N) is 2. The lowest BCUT2D eigenvalue weighted by Gasteiger charge is -2.36. The lowest BCUT2D eigenvalue weighted by atomic mass is 9.78. The average Bonchev–Trinajstić information content (AvgIpc) is 2.31. The predicted molar refractivity (Wildman–Crippen MR) is 66.5 cm³/mol. The van der Waals surface area contributed by atoms with Crippen LogP contribution in [0.25, 0.3) is 0 Å². The molecule has 84 valence electrons.